The third-order valence-electron chi connectivity index (χ3n) is 5.61. The Morgan fingerprint density at radius 2 is 2.00 bits per heavy atom. The zero-order valence-electron chi connectivity index (χ0n) is 16.7. The molecule has 156 valence electrons. The van der Waals surface area contributed by atoms with Crippen molar-refractivity contribution in [3.63, 3.8) is 0 Å². The largest absolute Gasteiger partial charge is 0.508 e. The van der Waals surface area contributed by atoms with Crippen LogP contribution in [0.5, 0.6) is 5.75 Å². The second-order valence-electron chi connectivity index (χ2n) is 7.58. The summed E-state index contributed by atoms with van der Waals surface area (Å²) < 4.78 is 7.06. The van der Waals surface area contributed by atoms with Crippen LogP contribution < -0.4 is 0 Å². The molecule has 2 heterocycles. The Labute approximate surface area is 183 Å². The lowest BCUT2D eigenvalue weighted by Crippen LogP contribution is -2.24. The van der Waals surface area contributed by atoms with Crippen molar-refractivity contribution in [3.05, 3.63) is 76.2 Å². The molecule has 0 aliphatic heterocycles. The normalized spacial score (nSPS) is 15.9. The highest BCUT2D eigenvalue weighted by atomic mass is 35.5. The van der Waals surface area contributed by atoms with E-state index in [1.54, 1.807) is 29.8 Å². The number of hydrogen-bond acceptors (Lipinski definition) is 6. The lowest BCUT2D eigenvalue weighted by atomic mass is 9.83. The van der Waals surface area contributed by atoms with Gasteiger partial charge in [-0.1, -0.05) is 41.9 Å². The lowest BCUT2D eigenvalue weighted by Gasteiger charge is -2.23. The Hall–Kier alpha value is -3.29. The number of ketones is 1. The average Bonchev–Trinajstić information content (AvgIpc) is 3.13. The fourth-order valence-electron chi connectivity index (χ4n) is 4.24. The second kappa shape index (κ2) is 7.76. The first-order chi connectivity index (χ1) is 15.1. The number of methoxy groups -OCH3 is 1. The van der Waals surface area contributed by atoms with Crippen LogP contribution in [0, 0.1) is 0 Å². The summed E-state index contributed by atoms with van der Waals surface area (Å²) in [5.41, 5.74) is 4.59. The molecule has 4 aromatic rings. The van der Waals surface area contributed by atoms with Gasteiger partial charge >= 0.3 is 0 Å². The van der Waals surface area contributed by atoms with Crippen molar-refractivity contribution >= 4 is 23.0 Å². The minimum atomic E-state index is -0.168. The molecule has 2 aromatic carbocycles. The van der Waals surface area contributed by atoms with E-state index in [0.29, 0.717) is 34.2 Å². The smallest absolute Gasteiger partial charge is 0.185 e. The van der Waals surface area contributed by atoms with E-state index in [1.165, 1.54) is 0 Å². The number of phenolic OH excluding ortho intramolecular Hbond substituents is 1. The van der Waals surface area contributed by atoms with Crippen molar-refractivity contribution in [2.45, 2.75) is 25.4 Å². The first kappa shape index (κ1) is 19.7. The summed E-state index contributed by atoms with van der Waals surface area (Å²) in [6.45, 7) is 0.275. The van der Waals surface area contributed by atoms with Crippen LogP contribution in [-0.4, -0.2) is 37.8 Å². The molecule has 1 atom stereocenters. The van der Waals surface area contributed by atoms with Crippen LogP contribution in [-0.2, 0) is 17.8 Å². The van der Waals surface area contributed by atoms with E-state index in [9.17, 15) is 9.90 Å². The van der Waals surface area contributed by atoms with Gasteiger partial charge in [-0.3, -0.25) is 4.79 Å². The van der Waals surface area contributed by atoms with Gasteiger partial charge in [0.05, 0.1) is 23.6 Å². The van der Waals surface area contributed by atoms with Gasteiger partial charge in [0.2, 0.25) is 0 Å². The maximum Gasteiger partial charge on any atom is 0.185 e. The Morgan fingerprint density at radius 3 is 2.77 bits per heavy atom. The van der Waals surface area contributed by atoms with Gasteiger partial charge < -0.3 is 9.84 Å². The summed E-state index contributed by atoms with van der Waals surface area (Å²) in [7, 11) is 1.60. The fraction of sp³-hybridized carbons (Fsp3) is 0.217. The number of phenols is 1. The summed E-state index contributed by atoms with van der Waals surface area (Å²) in [6.07, 6.45) is 0.770. The van der Waals surface area contributed by atoms with Gasteiger partial charge in [0.15, 0.2) is 17.1 Å². The highest BCUT2D eigenvalue weighted by Crippen LogP contribution is 2.37. The molecule has 0 spiro atoms. The van der Waals surface area contributed by atoms with E-state index in [-0.39, 0.29) is 30.5 Å². The number of benzene rings is 2. The van der Waals surface area contributed by atoms with Gasteiger partial charge in [-0.2, -0.15) is 5.10 Å². The Kier molecular flexibility index (Phi) is 4.92. The predicted molar refractivity (Wildman–Crippen MR) is 115 cm³/mol. The van der Waals surface area contributed by atoms with Crippen LogP contribution in [0.2, 0.25) is 5.02 Å². The van der Waals surface area contributed by atoms with Gasteiger partial charge in [-0.25, -0.2) is 4.52 Å². The molecule has 1 aliphatic carbocycles. The molecule has 0 fully saturated rings. The Bertz CT molecular complexity index is 1320. The zero-order chi connectivity index (χ0) is 21.5. The van der Waals surface area contributed by atoms with Crippen molar-refractivity contribution in [1.82, 2.24) is 19.8 Å². The molecule has 1 aliphatic rings. The van der Waals surface area contributed by atoms with Crippen molar-refractivity contribution in [3.8, 4) is 16.9 Å². The number of rotatable bonds is 4. The molecular formula is C23H19ClN4O3. The van der Waals surface area contributed by atoms with Crippen molar-refractivity contribution in [2.75, 3.05) is 7.11 Å². The molecule has 0 amide bonds. The summed E-state index contributed by atoms with van der Waals surface area (Å²) >= 11 is 6.22. The number of para-hydroxylation sites is 1. The average molecular weight is 435 g/mol. The van der Waals surface area contributed by atoms with Crippen LogP contribution in [0.15, 0.2) is 48.5 Å². The molecular weight excluding hydrogens is 416 g/mol. The third kappa shape index (κ3) is 3.36. The molecule has 0 saturated heterocycles. The number of hydrogen-bond donors (Lipinski definition) is 1. The van der Waals surface area contributed by atoms with Gasteiger partial charge in [0.1, 0.15) is 5.75 Å². The maximum atomic E-state index is 12.9. The van der Waals surface area contributed by atoms with E-state index in [0.717, 1.165) is 16.7 Å². The summed E-state index contributed by atoms with van der Waals surface area (Å²) in [5.74, 6) is -0.0996. The van der Waals surface area contributed by atoms with Crippen LogP contribution in [0.25, 0.3) is 16.8 Å². The first-order valence-electron chi connectivity index (χ1n) is 9.90. The van der Waals surface area contributed by atoms with Crippen molar-refractivity contribution < 1.29 is 14.6 Å². The summed E-state index contributed by atoms with van der Waals surface area (Å²) in [5, 5.41) is 24.3. The Morgan fingerprint density at radius 1 is 1.16 bits per heavy atom. The maximum absolute atomic E-state index is 12.9. The predicted octanol–water partition coefficient (Wildman–Crippen LogP) is 4.21. The van der Waals surface area contributed by atoms with Crippen LogP contribution >= 0.6 is 11.6 Å². The monoisotopic (exact) mass is 434 g/mol. The van der Waals surface area contributed by atoms with Gasteiger partial charge in [0, 0.05) is 24.5 Å². The number of fused-ring (bicyclic) bond motifs is 3. The standard InChI is InChI=1S/C23H19ClN4O3/c1-31-12-17-21(13-5-4-6-15(24)9-13)23-26-25-22-18(28(23)27-17)10-14(11-20(22)30)16-7-2-3-8-19(16)29/h2-9,14,29H,10-12H2,1H3/t14-/m1/s1. The third-order valence-corrected chi connectivity index (χ3v) is 5.85. The molecule has 2 aromatic heterocycles. The number of aromatic hydroxyl groups is 1. The molecule has 7 nitrogen and oxygen atoms in total. The van der Waals surface area contributed by atoms with Crippen LogP contribution in [0.4, 0.5) is 0 Å². The minimum Gasteiger partial charge on any atom is -0.508 e. The number of Topliss-reactive ketones (excluding diaryl/α,β-unsaturated/α-hetero) is 1. The van der Waals surface area contributed by atoms with Crippen LogP contribution in [0.1, 0.15) is 39.8 Å². The topological polar surface area (TPSA) is 89.6 Å². The molecule has 31 heavy (non-hydrogen) atoms. The number of carbonyl (C=O) groups excluding carboxylic acids is 1. The van der Waals surface area contributed by atoms with E-state index in [4.69, 9.17) is 21.4 Å². The highest BCUT2D eigenvalue weighted by Gasteiger charge is 2.32. The molecule has 0 radical (unpaired) electrons. The van der Waals surface area contributed by atoms with Gasteiger partial charge in [-0.05, 0) is 35.7 Å². The number of aromatic nitrogens is 4. The quantitative estimate of drug-likeness (QED) is 0.517. The van der Waals surface area contributed by atoms with E-state index >= 15 is 0 Å². The number of carbonyl (C=O) groups is 1. The number of ether oxygens (including phenoxy) is 1. The molecule has 0 saturated carbocycles. The molecule has 0 unspecified atom stereocenters. The van der Waals surface area contributed by atoms with Gasteiger partial charge in [0.25, 0.3) is 0 Å². The van der Waals surface area contributed by atoms with E-state index in [1.807, 2.05) is 30.3 Å². The lowest BCUT2D eigenvalue weighted by molar-refractivity contribution is 0.0955. The highest BCUT2D eigenvalue weighted by molar-refractivity contribution is 6.30. The number of nitrogens with zero attached hydrogens (tertiary/aromatic N) is 4. The molecule has 1 N–H and O–H groups in total. The molecule has 8 heteroatoms. The van der Waals surface area contributed by atoms with Crippen molar-refractivity contribution in [2.24, 2.45) is 0 Å². The minimum absolute atomic E-state index is 0.114. The van der Waals surface area contributed by atoms with E-state index < -0.39 is 0 Å². The number of halogens is 1. The molecule has 0 bridgehead atoms. The SMILES string of the molecule is COCc1nn2c3c(nnc2c1-c1cccc(Cl)c1)C(=O)C[C@H](c1ccccc1O)C3. The van der Waals surface area contributed by atoms with E-state index in [2.05, 4.69) is 10.2 Å². The van der Waals surface area contributed by atoms with Crippen molar-refractivity contribution in [1.29, 1.82) is 0 Å². The molecule has 5 rings (SSSR count). The fourth-order valence-corrected chi connectivity index (χ4v) is 4.44. The summed E-state index contributed by atoms with van der Waals surface area (Å²) in [4.78, 5) is 12.9. The zero-order valence-corrected chi connectivity index (χ0v) is 17.5. The van der Waals surface area contributed by atoms with Crippen LogP contribution in [0.3, 0.4) is 0 Å². The Balaban J connectivity index is 1.70. The first-order valence-corrected chi connectivity index (χ1v) is 10.3. The second-order valence-corrected chi connectivity index (χ2v) is 8.02. The van der Waals surface area contributed by atoms with Gasteiger partial charge in [-0.15, -0.1) is 10.2 Å². The summed E-state index contributed by atoms with van der Waals surface area (Å²) in [6, 6.07) is 14.5.